The smallest absolute Gasteiger partial charge is 0.0547 e. The van der Waals surface area contributed by atoms with E-state index in [9.17, 15) is 0 Å². The molecule has 0 aromatic carbocycles. The van der Waals surface area contributed by atoms with Crippen LogP contribution in [-0.2, 0) is 6.42 Å². The van der Waals surface area contributed by atoms with E-state index in [1.165, 1.54) is 5.56 Å². The van der Waals surface area contributed by atoms with Crippen LogP contribution >= 0.6 is 0 Å². The van der Waals surface area contributed by atoms with Crippen molar-refractivity contribution in [2.75, 3.05) is 17.6 Å². The van der Waals surface area contributed by atoms with E-state index in [1.807, 2.05) is 18.3 Å². The van der Waals surface area contributed by atoms with Gasteiger partial charge in [0.25, 0.3) is 0 Å². The summed E-state index contributed by atoms with van der Waals surface area (Å²) >= 11 is 0. The molecule has 0 aliphatic rings. The number of hydrogen-bond donors (Lipinski definition) is 2. The third-order valence-corrected chi connectivity index (χ3v) is 2.22. The Balaban J connectivity index is 1.85. The molecular formula is C12H14N4. The maximum Gasteiger partial charge on any atom is 0.0547 e. The van der Waals surface area contributed by atoms with Crippen molar-refractivity contribution in [2.24, 2.45) is 0 Å². The topological polar surface area (TPSA) is 63.8 Å². The molecule has 0 aliphatic carbocycles. The van der Waals surface area contributed by atoms with Gasteiger partial charge >= 0.3 is 0 Å². The second kappa shape index (κ2) is 5.11. The molecule has 82 valence electrons. The normalized spacial score (nSPS) is 10.0. The van der Waals surface area contributed by atoms with Crippen LogP contribution in [0.4, 0.5) is 11.4 Å². The molecule has 16 heavy (non-hydrogen) atoms. The highest BCUT2D eigenvalue weighted by Crippen LogP contribution is 2.09. The molecule has 0 saturated carbocycles. The summed E-state index contributed by atoms with van der Waals surface area (Å²) in [6.07, 6.45) is 7.98. The van der Waals surface area contributed by atoms with Gasteiger partial charge < -0.3 is 11.1 Å². The van der Waals surface area contributed by atoms with Crippen molar-refractivity contribution in [3.8, 4) is 0 Å². The lowest BCUT2D eigenvalue weighted by Crippen LogP contribution is -2.05. The average molecular weight is 214 g/mol. The van der Waals surface area contributed by atoms with Crippen LogP contribution in [0.2, 0.25) is 0 Å². The van der Waals surface area contributed by atoms with E-state index >= 15 is 0 Å². The molecule has 0 bridgehead atoms. The van der Waals surface area contributed by atoms with E-state index < -0.39 is 0 Å². The molecule has 2 rings (SSSR count). The van der Waals surface area contributed by atoms with Gasteiger partial charge in [0.05, 0.1) is 17.6 Å². The average Bonchev–Trinajstić information content (AvgIpc) is 2.30. The highest BCUT2D eigenvalue weighted by Gasteiger charge is 1.94. The van der Waals surface area contributed by atoms with Gasteiger partial charge in [0.15, 0.2) is 0 Å². The maximum atomic E-state index is 5.63. The standard InChI is InChI=1S/C12H14N4/c13-11-6-12(9-15-8-11)16-5-3-10-2-1-4-14-7-10/h1-2,4,6-9,16H,3,5,13H2. The Kier molecular flexibility index (Phi) is 3.33. The molecular weight excluding hydrogens is 200 g/mol. The summed E-state index contributed by atoms with van der Waals surface area (Å²) in [5, 5.41) is 3.26. The summed E-state index contributed by atoms with van der Waals surface area (Å²) in [6, 6.07) is 5.87. The van der Waals surface area contributed by atoms with Gasteiger partial charge in [-0.2, -0.15) is 0 Å². The Morgan fingerprint density at radius 3 is 2.88 bits per heavy atom. The zero-order valence-corrected chi connectivity index (χ0v) is 8.93. The van der Waals surface area contributed by atoms with E-state index in [-0.39, 0.29) is 0 Å². The Labute approximate surface area is 94.5 Å². The summed E-state index contributed by atoms with van der Waals surface area (Å²) in [6.45, 7) is 0.844. The number of nitrogen functional groups attached to an aromatic ring is 1. The SMILES string of the molecule is Nc1cncc(NCCc2cccnc2)c1. The molecule has 0 fully saturated rings. The molecule has 0 aliphatic heterocycles. The molecule has 2 aromatic rings. The number of pyridine rings is 2. The number of nitrogens with two attached hydrogens (primary N) is 1. The third-order valence-electron chi connectivity index (χ3n) is 2.22. The monoisotopic (exact) mass is 214 g/mol. The van der Waals surface area contributed by atoms with Gasteiger partial charge in [-0.25, -0.2) is 0 Å². The van der Waals surface area contributed by atoms with E-state index in [0.29, 0.717) is 5.69 Å². The van der Waals surface area contributed by atoms with Gasteiger partial charge in [-0.3, -0.25) is 9.97 Å². The van der Waals surface area contributed by atoms with Crippen molar-refractivity contribution in [1.82, 2.24) is 9.97 Å². The first-order valence-corrected chi connectivity index (χ1v) is 5.18. The largest absolute Gasteiger partial charge is 0.397 e. The van der Waals surface area contributed by atoms with E-state index in [4.69, 9.17) is 5.73 Å². The molecule has 0 saturated heterocycles. The van der Waals surface area contributed by atoms with E-state index in [0.717, 1.165) is 18.7 Å². The summed E-state index contributed by atoms with van der Waals surface area (Å²) < 4.78 is 0. The minimum Gasteiger partial charge on any atom is -0.397 e. The zero-order valence-electron chi connectivity index (χ0n) is 8.93. The second-order valence-corrected chi connectivity index (χ2v) is 3.54. The number of anilines is 2. The van der Waals surface area contributed by atoms with Gasteiger partial charge in [-0.05, 0) is 24.1 Å². The molecule has 4 heteroatoms. The molecule has 0 amide bonds. The maximum absolute atomic E-state index is 5.63. The molecule has 0 spiro atoms. The van der Waals surface area contributed by atoms with Crippen LogP contribution in [0.15, 0.2) is 43.0 Å². The van der Waals surface area contributed by atoms with Crippen LogP contribution in [0.5, 0.6) is 0 Å². The fourth-order valence-corrected chi connectivity index (χ4v) is 1.45. The number of nitrogens with zero attached hydrogens (tertiary/aromatic N) is 2. The minimum absolute atomic E-state index is 0.673. The lowest BCUT2D eigenvalue weighted by Gasteiger charge is -2.06. The van der Waals surface area contributed by atoms with Crippen LogP contribution < -0.4 is 11.1 Å². The Morgan fingerprint density at radius 2 is 2.12 bits per heavy atom. The molecule has 2 aromatic heterocycles. The quantitative estimate of drug-likeness (QED) is 0.813. The number of nitrogens with one attached hydrogen (secondary N) is 1. The number of rotatable bonds is 4. The van der Waals surface area contributed by atoms with Crippen LogP contribution in [0.3, 0.4) is 0 Å². The van der Waals surface area contributed by atoms with Crippen LogP contribution in [0, 0.1) is 0 Å². The van der Waals surface area contributed by atoms with Crippen LogP contribution in [-0.4, -0.2) is 16.5 Å². The summed E-state index contributed by atoms with van der Waals surface area (Å²) in [5.41, 5.74) is 8.46. The molecule has 4 nitrogen and oxygen atoms in total. The highest BCUT2D eigenvalue weighted by atomic mass is 14.9. The second-order valence-electron chi connectivity index (χ2n) is 3.54. The van der Waals surface area contributed by atoms with Crippen molar-refractivity contribution < 1.29 is 0 Å². The molecule has 0 unspecified atom stereocenters. The van der Waals surface area contributed by atoms with Crippen LogP contribution in [0.1, 0.15) is 5.56 Å². The predicted molar refractivity (Wildman–Crippen MR) is 65.1 cm³/mol. The fourth-order valence-electron chi connectivity index (χ4n) is 1.45. The fraction of sp³-hybridized carbons (Fsp3) is 0.167. The molecule has 2 heterocycles. The Hall–Kier alpha value is -2.10. The predicted octanol–water partition coefficient (Wildman–Crippen LogP) is 1.71. The van der Waals surface area contributed by atoms with E-state index in [1.54, 1.807) is 18.6 Å². The van der Waals surface area contributed by atoms with Crippen molar-refractivity contribution in [3.05, 3.63) is 48.5 Å². The summed E-state index contributed by atoms with van der Waals surface area (Å²) in [4.78, 5) is 8.07. The summed E-state index contributed by atoms with van der Waals surface area (Å²) in [5.74, 6) is 0. The highest BCUT2D eigenvalue weighted by molar-refractivity contribution is 5.51. The lowest BCUT2D eigenvalue weighted by atomic mass is 10.2. The first-order valence-electron chi connectivity index (χ1n) is 5.18. The van der Waals surface area contributed by atoms with Gasteiger partial charge in [-0.15, -0.1) is 0 Å². The Bertz CT molecular complexity index is 442. The van der Waals surface area contributed by atoms with Crippen molar-refractivity contribution in [1.29, 1.82) is 0 Å². The Morgan fingerprint density at radius 1 is 1.19 bits per heavy atom. The first-order chi connectivity index (χ1) is 7.84. The summed E-state index contributed by atoms with van der Waals surface area (Å²) in [7, 11) is 0. The van der Waals surface area contributed by atoms with Crippen molar-refractivity contribution >= 4 is 11.4 Å². The zero-order chi connectivity index (χ0) is 11.2. The van der Waals surface area contributed by atoms with Gasteiger partial charge in [-0.1, -0.05) is 6.07 Å². The van der Waals surface area contributed by atoms with Gasteiger partial charge in [0.2, 0.25) is 0 Å². The van der Waals surface area contributed by atoms with E-state index in [2.05, 4.69) is 21.4 Å². The third kappa shape index (κ3) is 2.95. The number of hydrogen-bond acceptors (Lipinski definition) is 4. The van der Waals surface area contributed by atoms with Gasteiger partial charge in [0, 0.05) is 25.1 Å². The molecule has 0 atom stereocenters. The van der Waals surface area contributed by atoms with Gasteiger partial charge in [0.1, 0.15) is 0 Å². The van der Waals surface area contributed by atoms with Crippen molar-refractivity contribution in [3.63, 3.8) is 0 Å². The number of aromatic nitrogens is 2. The first kappa shape index (κ1) is 10.4. The minimum atomic E-state index is 0.673. The molecule has 3 N–H and O–H groups in total. The molecule has 0 radical (unpaired) electrons. The van der Waals surface area contributed by atoms with Crippen LogP contribution in [0.25, 0.3) is 0 Å². The van der Waals surface area contributed by atoms with Crippen molar-refractivity contribution in [2.45, 2.75) is 6.42 Å². The lowest BCUT2D eigenvalue weighted by molar-refractivity contribution is 1.00.